The maximum absolute atomic E-state index is 9.43. The topological polar surface area (TPSA) is 79.2 Å². The van der Waals surface area contributed by atoms with E-state index in [-0.39, 0.29) is 6.61 Å². The average Bonchev–Trinajstić information content (AvgIpc) is 2.31. The lowest BCUT2D eigenvalue weighted by atomic mass is 9.35. The highest BCUT2D eigenvalue weighted by atomic mass is 16.6. The first-order valence-electron chi connectivity index (χ1n) is 4.26. The first-order chi connectivity index (χ1) is 6.50. The monoisotopic (exact) mass is 196 g/mol. The highest BCUT2D eigenvalue weighted by molar-refractivity contribution is 7.21. The Labute approximate surface area is 85.3 Å². The van der Waals surface area contributed by atoms with Crippen LogP contribution in [0.5, 0.6) is 0 Å². The van der Waals surface area contributed by atoms with Gasteiger partial charge in [0, 0.05) is 7.74 Å². The fraction of sp³-hybridized carbons (Fsp3) is 1.00. The van der Waals surface area contributed by atoms with Crippen molar-refractivity contribution in [3.63, 3.8) is 0 Å². The van der Waals surface area contributed by atoms with Crippen molar-refractivity contribution in [1.29, 1.82) is 0 Å². The minimum Gasteiger partial charge on any atom is -0.449 e. The third kappa shape index (κ3) is 2.32. The molecule has 3 atom stereocenters. The second-order valence-electron chi connectivity index (χ2n) is 3.21. The Morgan fingerprint density at radius 3 is 2.64 bits per heavy atom. The second kappa shape index (κ2) is 4.68. The highest BCUT2D eigenvalue weighted by Gasteiger charge is 2.52. The predicted octanol–water partition coefficient (Wildman–Crippen LogP) is -2.85. The maximum Gasteiger partial charge on any atom is 0.230 e. The van der Waals surface area contributed by atoms with E-state index >= 15 is 0 Å². The zero-order valence-electron chi connectivity index (χ0n) is 7.83. The summed E-state index contributed by atoms with van der Waals surface area (Å²) in [5, 5.41) is 28.1. The van der Waals surface area contributed by atoms with Gasteiger partial charge in [-0.05, 0) is 6.92 Å². The molecule has 1 heterocycles. The molecular weight excluding hydrogens is 184 g/mol. The molecule has 3 N–H and O–H groups in total. The maximum atomic E-state index is 9.43. The minimum absolute atomic E-state index is 0.0159. The van der Waals surface area contributed by atoms with Crippen LogP contribution in [0.25, 0.3) is 0 Å². The summed E-state index contributed by atoms with van der Waals surface area (Å²) in [4.78, 5) is 0. The Morgan fingerprint density at radius 1 is 1.57 bits per heavy atom. The van der Waals surface area contributed by atoms with E-state index in [1.54, 1.807) is 0 Å². The molecule has 0 aromatic heterocycles. The van der Waals surface area contributed by atoms with Gasteiger partial charge in [-0.3, -0.25) is 0 Å². The summed E-state index contributed by atoms with van der Waals surface area (Å²) in [7, 11) is 7.44. The first-order valence-corrected chi connectivity index (χ1v) is 4.26. The molecule has 0 aromatic rings. The molecule has 0 saturated carbocycles. The van der Waals surface area contributed by atoms with Gasteiger partial charge in [-0.2, -0.15) is 0 Å². The quantitative estimate of drug-likeness (QED) is 0.256. The largest absolute Gasteiger partial charge is 0.449 e. The summed E-state index contributed by atoms with van der Waals surface area (Å²) in [5.74, 6) is -2.22. The van der Waals surface area contributed by atoms with Gasteiger partial charge in [0.15, 0.2) is 0 Å². The van der Waals surface area contributed by atoms with Crippen LogP contribution in [0.4, 0.5) is 0 Å². The summed E-state index contributed by atoms with van der Waals surface area (Å²) in [5.41, 5.74) is 0. The number of hydrogen-bond acceptors (Lipinski definition) is 5. The molecule has 8 heteroatoms. The Hall–Kier alpha value is -0.00519. The van der Waals surface area contributed by atoms with Gasteiger partial charge in [0.2, 0.25) is 13.2 Å². The van der Waals surface area contributed by atoms with Crippen molar-refractivity contribution in [3.8, 4) is 0 Å². The molecule has 0 aliphatic carbocycles. The molecule has 1 aliphatic heterocycles. The summed E-state index contributed by atoms with van der Waals surface area (Å²) in [6.07, 6.45) is -3.01. The standard InChI is InChI=1S/C6H11B3O5/c1-3-6(11,12)5(10)4(14-3)2-13-9-8-7/h3-5,10-12H,2H2,1H3/t3-,4+,5-/m0/s1. The predicted molar refractivity (Wildman–Crippen MR) is 50.7 cm³/mol. The van der Waals surface area contributed by atoms with Gasteiger partial charge in [-0.1, -0.05) is 0 Å². The summed E-state index contributed by atoms with van der Waals surface area (Å²) in [6, 6.07) is 0. The molecule has 0 unspecified atom stereocenters. The van der Waals surface area contributed by atoms with Gasteiger partial charge in [0.05, 0.1) is 13.7 Å². The van der Waals surface area contributed by atoms with Gasteiger partial charge in [0.25, 0.3) is 0 Å². The molecule has 0 aromatic carbocycles. The van der Waals surface area contributed by atoms with Crippen LogP contribution in [0.2, 0.25) is 0 Å². The van der Waals surface area contributed by atoms with Crippen molar-refractivity contribution in [2.45, 2.75) is 31.0 Å². The van der Waals surface area contributed by atoms with Gasteiger partial charge < -0.3 is 24.7 Å². The normalized spacial score (nSPS) is 35.6. The number of hydrogen-bond donors (Lipinski definition) is 3. The van der Waals surface area contributed by atoms with Gasteiger partial charge in [-0.15, -0.1) is 0 Å². The molecule has 0 spiro atoms. The van der Waals surface area contributed by atoms with Crippen LogP contribution in [0, 0.1) is 0 Å². The van der Waals surface area contributed by atoms with Crippen LogP contribution in [0.1, 0.15) is 6.92 Å². The van der Waals surface area contributed by atoms with Crippen molar-refractivity contribution >= 4 is 22.2 Å². The van der Waals surface area contributed by atoms with E-state index in [4.69, 9.17) is 17.1 Å². The van der Waals surface area contributed by atoms with Crippen molar-refractivity contribution < 1.29 is 24.7 Å². The van der Waals surface area contributed by atoms with E-state index in [1.165, 1.54) is 21.4 Å². The van der Waals surface area contributed by atoms with Gasteiger partial charge in [0.1, 0.15) is 18.3 Å². The summed E-state index contributed by atoms with van der Waals surface area (Å²) in [6.45, 7) is 1.48. The molecular formula is C6H11B3O5. The van der Waals surface area contributed by atoms with Crippen molar-refractivity contribution in [3.05, 3.63) is 0 Å². The molecule has 0 bridgehead atoms. The third-order valence-corrected chi connectivity index (χ3v) is 2.20. The van der Waals surface area contributed by atoms with Crippen LogP contribution in [0.15, 0.2) is 0 Å². The molecule has 14 heavy (non-hydrogen) atoms. The first kappa shape index (κ1) is 12.1. The van der Waals surface area contributed by atoms with Crippen molar-refractivity contribution in [1.82, 2.24) is 0 Å². The minimum atomic E-state index is -2.22. The van der Waals surface area contributed by atoms with E-state index in [0.717, 1.165) is 0 Å². The Kier molecular flexibility index (Phi) is 4.03. The zero-order chi connectivity index (χ0) is 10.8. The number of rotatable bonds is 4. The zero-order valence-corrected chi connectivity index (χ0v) is 7.83. The third-order valence-electron chi connectivity index (χ3n) is 2.20. The number of ether oxygens (including phenoxy) is 1. The highest BCUT2D eigenvalue weighted by Crippen LogP contribution is 2.28. The van der Waals surface area contributed by atoms with Crippen LogP contribution < -0.4 is 0 Å². The lowest BCUT2D eigenvalue weighted by Gasteiger charge is -2.22. The molecule has 1 saturated heterocycles. The van der Waals surface area contributed by atoms with Crippen LogP contribution >= 0.6 is 0 Å². The SMILES string of the molecule is [B][B][B]OC[C@H]1O[C@@H](C)C(O)(O)[C@H]1O. The van der Waals surface area contributed by atoms with E-state index in [0.29, 0.717) is 0 Å². The fourth-order valence-electron chi connectivity index (χ4n) is 1.29. The van der Waals surface area contributed by atoms with E-state index < -0.39 is 24.1 Å². The molecule has 1 rings (SSSR count). The lowest BCUT2D eigenvalue weighted by molar-refractivity contribution is -0.225. The Balaban J connectivity index is 2.42. The van der Waals surface area contributed by atoms with Crippen LogP contribution in [-0.2, 0) is 9.39 Å². The summed E-state index contributed by atoms with van der Waals surface area (Å²) < 4.78 is 9.95. The average molecular weight is 196 g/mol. The molecule has 4 radical (unpaired) electrons. The Morgan fingerprint density at radius 2 is 2.21 bits per heavy atom. The van der Waals surface area contributed by atoms with Crippen molar-refractivity contribution in [2.75, 3.05) is 6.61 Å². The van der Waals surface area contributed by atoms with Crippen LogP contribution in [-0.4, -0.2) is 68.2 Å². The van der Waals surface area contributed by atoms with Crippen molar-refractivity contribution in [2.24, 2.45) is 0 Å². The van der Waals surface area contributed by atoms with Gasteiger partial charge >= 0.3 is 0 Å². The van der Waals surface area contributed by atoms with Crippen LogP contribution in [0.3, 0.4) is 0 Å². The molecule has 0 amide bonds. The number of aliphatic hydroxyl groups is 3. The second-order valence-corrected chi connectivity index (χ2v) is 3.21. The van der Waals surface area contributed by atoms with Gasteiger partial charge in [-0.25, -0.2) is 0 Å². The Bertz CT molecular complexity index is 190. The fourth-order valence-corrected chi connectivity index (χ4v) is 1.29. The lowest BCUT2D eigenvalue weighted by Crippen LogP contribution is -2.47. The molecule has 74 valence electrons. The smallest absolute Gasteiger partial charge is 0.230 e. The van der Waals surface area contributed by atoms with E-state index in [2.05, 4.69) is 0 Å². The molecule has 1 aliphatic rings. The number of aliphatic hydroxyl groups excluding tert-OH is 1. The summed E-state index contributed by atoms with van der Waals surface area (Å²) >= 11 is 0. The molecule has 5 nitrogen and oxygen atoms in total. The van der Waals surface area contributed by atoms with E-state index in [1.807, 2.05) is 0 Å². The van der Waals surface area contributed by atoms with E-state index in [9.17, 15) is 15.3 Å². The molecule has 1 fully saturated rings.